The number of carbonyl (C=O) groups is 1. The Balaban J connectivity index is 1.57. The van der Waals surface area contributed by atoms with Gasteiger partial charge < -0.3 is 15.8 Å². The summed E-state index contributed by atoms with van der Waals surface area (Å²) in [6, 6.07) is 22.1. The first kappa shape index (κ1) is 18.1. The van der Waals surface area contributed by atoms with Gasteiger partial charge in [-0.25, -0.2) is 4.79 Å². The van der Waals surface area contributed by atoms with E-state index in [9.17, 15) is 4.79 Å². The van der Waals surface area contributed by atoms with Gasteiger partial charge in [0, 0.05) is 5.69 Å². The van der Waals surface area contributed by atoms with Crippen molar-refractivity contribution in [3.8, 4) is 0 Å². The fraction of sp³-hybridized carbons (Fsp3) is 0.208. The van der Waals surface area contributed by atoms with Gasteiger partial charge in [-0.15, -0.1) is 0 Å². The van der Waals surface area contributed by atoms with E-state index in [0.29, 0.717) is 23.6 Å². The number of nitrogens with one attached hydrogen (secondary N) is 1. The van der Waals surface area contributed by atoms with Crippen LogP contribution in [0.1, 0.15) is 45.8 Å². The first-order valence-corrected chi connectivity index (χ1v) is 9.55. The molecule has 0 aromatic heterocycles. The number of benzene rings is 3. The molecule has 142 valence electrons. The molecule has 0 radical (unpaired) electrons. The third-order valence-electron chi connectivity index (χ3n) is 5.15. The first-order chi connectivity index (χ1) is 13.6. The van der Waals surface area contributed by atoms with Crippen LogP contribution >= 0.6 is 0 Å². The second-order valence-corrected chi connectivity index (χ2v) is 7.27. The van der Waals surface area contributed by atoms with Crippen LogP contribution in [0.5, 0.6) is 0 Å². The van der Waals surface area contributed by atoms with Crippen LogP contribution in [0.3, 0.4) is 0 Å². The van der Waals surface area contributed by atoms with E-state index >= 15 is 0 Å². The molecule has 0 spiro atoms. The Morgan fingerprint density at radius 2 is 1.86 bits per heavy atom. The number of hydrogen-bond acceptors (Lipinski definition) is 4. The van der Waals surface area contributed by atoms with E-state index in [1.54, 1.807) is 0 Å². The predicted octanol–water partition coefficient (Wildman–Crippen LogP) is 5.27. The zero-order valence-electron chi connectivity index (χ0n) is 15.9. The van der Waals surface area contributed by atoms with Crippen molar-refractivity contribution < 1.29 is 9.53 Å². The maximum absolute atomic E-state index is 12.3. The van der Waals surface area contributed by atoms with Crippen molar-refractivity contribution in [3.63, 3.8) is 0 Å². The second kappa shape index (κ2) is 7.77. The van der Waals surface area contributed by atoms with E-state index in [4.69, 9.17) is 10.5 Å². The summed E-state index contributed by atoms with van der Waals surface area (Å²) < 4.78 is 5.01. The molecule has 4 nitrogen and oxygen atoms in total. The van der Waals surface area contributed by atoms with Gasteiger partial charge in [0.25, 0.3) is 0 Å². The molecule has 4 rings (SSSR count). The van der Waals surface area contributed by atoms with Crippen LogP contribution in [0.25, 0.3) is 0 Å². The van der Waals surface area contributed by atoms with Gasteiger partial charge in [-0.1, -0.05) is 36.4 Å². The number of ether oxygens (including phenoxy) is 1. The molecule has 3 aromatic carbocycles. The van der Waals surface area contributed by atoms with E-state index in [2.05, 4.69) is 11.4 Å². The van der Waals surface area contributed by atoms with Crippen LogP contribution in [-0.2, 0) is 11.2 Å². The largest absolute Gasteiger partial charge is 0.465 e. The summed E-state index contributed by atoms with van der Waals surface area (Å²) in [5, 5.41) is 3.33. The van der Waals surface area contributed by atoms with Gasteiger partial charge in [-0.3, -0.25) is 0 Å². The lowest BCUT2D eigenvalue weighted by Crippen LogP contribution is -2.07. The van der Waals surface area contributed by atoms with Gasteiger partial charge in [0.15, 0.2) is 0 Å². The van der Waals surface area contributed by atoms with Crippen LogP contribution in [0.2, 0.25) is 0 Å². The van der Waals surface area contributed by atoms with Gasteiger partial charge in [0.2, 0.25) is 0 Å². The Kier molecular flexibility index (Phi) is 5.02. The van der Waals surface area contributed by atoms with Gasteiger partial charge in [0.05, 0.1) is 24.0 Å². The molecule has 1 aliphatic carbocycles. The van der Waals surface area contributed by atoms with Crippen molar-refractivity contribution >= 4 is 23.0 Å². The summed E-state index contributed by atoms with van der Waals surface area (Å²) in [6.45, 7) is 0. The van der Waals surface area contributed by atoms with Crippen molar-refractivity contribution in [1.29, 1.82) is 0 Å². The summed E-state index contributed by atoms with van der Waals surface area (Å²) >= 11 is 0. The third-order valence-corrected chi connectivity index (χ3v) is 5.15. The fourth-order valence-corrected chi connectivity index (χ4v) is 3.45. The summed E-state index contributed by atoms with van der Waals surface area (Å²) in [4.78, 5) is 12.3. The van der Waals surface area contributed by atoms with Crippen molar-refractivity contribution in [1.82, 2.24) is 0 Å². The highest BCUT2D eigenvalue weighted by atomic mass is 16.5. The van der Waals surface area contributed by atoms with E-state index in [1.165, 1.54) is 25.5 Å². The average Bonchev–Trinajstić information content (AvgIpc) is 3.56. The quantitative estimate of drug-likeness (QED) is 0.457. The molecule has 1 saturated carbocycles. The summed E-state index contributed by atoms with van der Waals surface area (Å²) in [6.07, 6.45) is 3.03. The molecule has 0 heterocycles. The van der Waals surface area contributed by atoms with Gasteiger partial charge in [-0.05, 0) is 72.2 Å². The van der Waals surface area contributed by atoms with Crippen LogP contribution in [0.4, 0.5) is 17.1 Å². The molecule has 1 aliphatic rings. The molecule has 0 amide bonds. The van der Waals surface area contributed by atoms with E-state index in [-0.39, 0.29) is 5.97 Å². The number of hydrogen-bond donors (Lipinski definition) is 2. The standard InChI is InChI=1S/C24H24N2O2/c1-28-24(27)21-15-18(17-8-9-17)10-11-19(21)13-16-7-12-23(22(25)14-16)26-20-5-3-2-4-6-20/h2-7,10-12,14-15,17,26H,8-9,13,25H2,1H3. The maximum Gasteiger partial charge on any atom is 0.338 e. The van der Waals surface area contributed by atoms with E-state index in [1.807, 2.05) is 60.7 Å². The molecule has 3 aromatic rings. The minimum absolute atomic E-state index is 0.284. The van der Waals surface area contributed by atoms with Gasteiger partial charge in [0.1, 0.15) is 0 Å². The molecular weight excluding hydrogens is 348 g/mol. The normalized spacial score (nSPS) is 13.2. The molecule has 3 N–H and O–H groups in total. The van der Waals surface area contributed by atoms with Crippen LogP contribution < -0.4 is 11.1 Å². The minimum atomic E-state index is -0.284. The van der Waals surface area contributed by atoms with Crippen molar-refractivity contribution in [2.45, 2.75) is 25.2 Å². The number of carbonyl (C=O) groups excluding carboxylic acids is 1. The molecule has 0 aliphatic heterocycles. The Hall–Kier alpha value is -3.27. The highest BCUT2D eigenvalue weighted by Crippen LogP contribution is 2.40. The van der Waals surface area contributed by atoms with Crippen LogP contribution in [0, 0.1) is 0 Å². The summed E-state index contributed by atoms with van der Waals surface area (Å²) in [5.74, 6) is 0.310. The van der Waals surface area contributed by atoms with E-state index < -0.39 is 0 Å². The molecular formula is C24H24N2O2. The molecule has 0 unspecified atom stereocenters. The average molecular weight is 372 g/mol. The highest BCUT2D eigenvalue weighted by molar-refractivity contribution is 5.91. The summed E-state index contributed by atoms with van der Waals surface area (Å²) in [5.41, 5.74) is 12.7. The van der Waals surface area contributed by atoms with Crippen molar-refractivity contribution in [3.05, 3.63) is 89.0 Å². The van der Waals surface area contributed by atoms with Crippen molar-refractivity contribution in [2.75, 3.05) is 18.2 Å². The molecule has 4 heteroatoms. The third kappa shape index (κ3) is 4.01. The zero-order chi connectivity index (χ0) is 19.5. The Labute approximate surface area is 165 Å². The number of methoxy groups -OCH3 is 1. The molecule has 1 fully saturated rings. The van der Waals surface area contributed by atoms with Crippen LogP contribution in [-0.4, -0.2) is 13.1 Å². The number of nitrogens with two attached hydrogens (primary N) is 1. The first-order valence-electron chi connectivity index (χ1n) is 9.55. The lowest BCUT2D eigenvalue weighted by Gasteiger charge is -2.13. The Bertz CT molecular complexity index is 995. The highest BCUT2D eigenvalue weighted by Gasteiger charge is 2.25. The lowest BCUT2D eigenvalue weighted by molar-refractivity contribution is 0.0599. The summed E-state index contributed by atoms with van der Waals surface area (Å²) in [7, 11) is 1.43. The Morgan fingerprint density at radius 1 is 1.07 bits per heavy atom. The van der Waals surface area contributed by atoms with Gasteiger partial charge >= 0.3 is 5.97 Å². The number of rotatable bonds is 6. The second-order valence-electron chi connectivity index (χ2n) is 7.27. The zero-order valence-corrected chi connectivity index (χ0v) is 15.9. The van der Waals surface area contributed by atoms with Crippen molar-refractivity contribution in [2.24, 2.45) is 0 Å². The Morgan fingerprint density at radius 3 is 2.54 bits per heavy atom. The SMILES string of the molecule is COC(=O)c1cc(C2CC2)ccc1Cc1ccc(Nc2ccccc2)c(N)c1. The molecule has 0 bridgehead atoms. The topological polar surface area (TPSA) is 64.3 Å². The van der Waals surface area contributed by atoms with Crippen LogP contribution in [0.15, 0.2) is 66.7 Å². The molecule has 28 heavy (non-hydrogen) atoms. The number of nitrogen functional groups attached to an aromatic ring is 1. The maximum atomic E-state index is 12.3. The van der Waals surface area contributed by atoms with E-state index in [0.717, 1.165) is 22.5 Å². The molecule has 0 saturated heterocycles. The smallest absolute Gasteiger partial charge is 0.338 e. The number of esters is 1. The lowest BCUT2D eigenvalue weighted by atomic mass is 9.96. The predicted molar refractivity (Wildman–Crippen MR) is 113 cm³/mol. The number of anilines is 3. The van der Waals surface area contributed by atoms with Gasteiger partial charge in [-0.2, -0.15) is 0 Å². The molecule has 0 atom stereocenters. The minimum Gasteiger partial charge on any atom is -0.465 e. The number of para-hydroxylation sites is 1. The monoisotopic (exact) mass is 372 g/mol. The fourth-order valence-electron chi connectivity index (χ4n) is 3.45.